The Morgan fingerprint density at radius 3 is 1.67 bits per heavy atom. The summed E-state index contributed by atoms with van der Waals surface area (Å²) < 4.78 is 10.8. The van der Waals surface area contributed by atoms with Crippen LogP contribution in [0.2, 0.25) is 10.0 Å². The maximum absolute atomic E-state index is 8.67. The molecule has 102 valence electrons. The minimum Gasteiger partial charge on any atom is -0.492 e. The van der Waals surface area contributed by atoms with E-state index < -0.39 is 0 Å². The van der Waals surface area contributed by atoms with E-state index in [-0.39, 0.29) is 13.2 Å². The molecule has 0 aliphatic heterocycles. The maximum Gasteiger partial charge on any atom is 0.141 e. The number of aliphatic hydroxyl groups excluding tert-OH is 2. The number of halogens is 2. The van der Waals surface area contributed by atoms with Gasteiger partial charge in [-0.05, 0) is 6.07 Å². The zero-order valence-corrected chi connectivity index (χ0v) is 11.4. The molecule has 2 N–H and O–H groups in total. The quantitative estimate of drug-likeness (QED) is 0.724. The molecule has 0 aliphatic rings. The third-order valence-corrected chi connectivity index (χ3v) is 2.70. The zero-order valence-electron chi connectivity index (χ0n) is 9.86. The van der Waals surface area contributed by atoms with E-state index in [1.54, 1.807) is 12.1 Å². The first-order valence-electron chi connectivity index (χ1n) is 5.65. The Kier molecular flexibility index (Phi) is 7.20. The average Bonchev–Trinajstić information content (AvgIpc) is 2.34. The Hall–Kier alpha value is -0.680. The van der Waals surface area contributed by atoms with E-state index in [4.69, 9.17) is 42.9 Å². The number of hydrogen-bond acceptors (Lipinski definition) is 4. The first-order chi connectivity index (χ1) is 8.69. The summed E-state index contributed by atoms with van der Waals surface area (Å²) in [5.74, 6) is 0.932. The summed E-state index contributed by atoms with van der Waals surface area (Å²) in [6.07, 6.45) is 1.05. The molecule has 0 amide bonds. The van der Waals surface area contributed by atoms with Gasteiger partial charge < -0.3 is 19.7 Å². The minimum atomic E-state index is 0.0606. The van der Waals surface area contributed by atoms with E-state index in [2.05, 4.69) is 0 Å². The topological polar surface area (TPSA) is 58.9 Å². The van der Waals surface area contributed by atoms with Crippen LogP contribution in [-0.2, 0) is 0 Å². The molecule has 0 heterocycles. The highest BCUT2D eigenvalue weighted by molar-refractivity contribution is 6.36. The maximum atomic E-state index is 8.67. The van der Waals surface area contributed by atoms with E-state index in [0.717, 1.165) is 0 Å². The predicted octanol–water partition coefficient (Wildman–Crippen LogP) is 2.52. The van der Waals surface area contributed by atoms with Crippen molar-refractivity contribution in [3.8, 4) is 11.5 Å². The van der Waals surface area contributed by atoms with Crippen LogP contribution in [0.25, 0.3) is 0 Å². The number of rotatable bonds is 8. The normalized spacial score (nSPS) is 10.4. The van der Waals surface area contributed by atoms with Crippen molar-refractivity contribution >= 4 is 23.2 Å². The molecule has 0 spiro atoms. The van der Waals surface area contributed by atoms with Crippen molar-refractivity contribution in [2.24, 2.45) is 0 Å². The second-order valence-corrected chi connectivity index (χ2v) is 4.38. The number of ether oxygens (including phenoxy) is 2. The van der Waals surface area contributed by atoms with Crippen LogP contribution < -0.4 is 9.47 Å². The molecule has 0 saturated heterocycles. The highest BCUT2D eigenvalue weighted by atomic mass is 35.5. The van der Waals surface area contributed by atoms with Crippen LogP contribution in [0, 0.1) is 0 Å². The smallest absolute Gasteiger partial charge is 0.141 e. The largest absolute Gasteiger partial charge is 0.492 e. The van der Waals surface area contributed by atoms with Crippen LogP contribution in [0.1, 0.15) is 12.8 Å². The Morgan fingerprint density at radius 2 is 1.28 bits per heavy atom. The van der Waals surface area contributed by atoms with Gasteiger partial charge in [-0.15, -0.1) is 0 Å². The molecule has 0 bridgehead atoms. The van der Waals surface area contributed by atoms with Gasteiger partial charge in [0, 0.05) is 32.1 Å². The molecule has 0 aliphatic carbocycles. The van der Waals surface area contributed by atoms with E-state index >= 15 is 0 Å². The second-order valence-electron chi connectivity index (χ2n) is 3.56. The van der Waals surface area contributed by atoms with Gasteiger partial charge in [-0.1, -0.05) is 23.2 Å². The van der Waals surface area contributed by atoms with Gasteiger partial charge in [-0.25, -0.2) is 0 Å². The molecule has 18 heavy (non-hydrogen) atoms. The van der Waals surface area contributed by atoms with Crippen LogP contribution in [0.4, 0.5) is 0 Å². The van der Waals surface area contributed by atoms with Crippen molar-refractivity contribution in [1.82, 2.24) is 0 Å². The molecular weight excluding hydrogens is 279 g/mol. The molecular formula is C12H16Cl2O4. The summed E-state index contributed by atoms with van der Waals surface area (Å²) in [5, 5.41) is 18.1. The fourth-order valence-corrected chi connectivity index (χ4v) is 1.72. The summed E-state index contributed by atoms with van der Waals surface area (Å²) in [6, 6.07) is 3.16. The highest BCUT2D eigenvalue weighted by Gasteiger charge is 2.09. The van der Waals surface area contributed by atoms with Crippen LogP contribution in [0.15, 0.2) is 12.1 Å². The molecule has 0 radical (unpaired) electrons. The third kappa shape index (κ3) is 4.90. The van der Waals surface area contributed by atoms with Crippen molar-refractivity contribution in [3.63, 3.8) is 0 Å². The zero-order chi connectivity index (χ0) is 13.4. The third-order valence-electron chi connectivity index (χ3n) is 2.11. The van der Waals surface area contributed by atoms with Crippen LogP contribution >= 0.6 is 23.2 Å². The van der Waals surface area contributed by atoms with Crippen LogP contribution in [0.5, 0.6) is 11.5 Å². The monoisotopic (exact) mass is 294 g/mol. The molecule has 1 aromatic carbocycles. The lowest BCUT2D eigenvalue weighted by atomic mass is 10.3. The predicted molar refractivity (Wildman–Crippen MR) is 70.9 cm³/mol. The SMILES string of the molecule is OCCCOc1cc(OCCCO)c(Cl)cc1Cl. The van der Waals surface area contributed by atoms with Crippen molar-refractivity contribution in [2.75, 3.05) is 26.4 Å². The van der Waals surface area contributed by atoms with Gasteiger partial charge in [0.2, 0.25) is 0 Å². The Balaban J connectivity index is 2.68. The average molecular weight is 295 g/mol. The molecule has 0 saturated carbocycles. The van der Waals surface area contributed by atoms with Crippen molar-refractivity contribution in [2.45, 2.75) is 12.8 Å². The molecule has 0 aromatic heterocycles. The summed E-state index contributed by atoms with van der Waals surface area (Å²) in [7, 11) is 0. The lowest BCUT2D eigenvalue weighted by Crippen LogP contribution is -2.03. The van der Waals surface area contributed by atoms with Crippen molar-refractivity contribution in [1.29, 1.82) is 0 Å². The van der Waals surface area contributed by atoms with E-state index in [9.17, 15) is 0 Å². The molecule has 0 unspecified atom stereocenters. The van der Waals surface area contributed by atoms with Crippen molar-refractivity contribution < 1.29 is 19.7 Å². The van der Waals surface area contributed by atoms with E-state index in [1.165, 1.54) is 0 Å². The molecule has 4 nitrogen and oxygen atoms in total. The Bertz CT molecular complexity index is 340. The standard InChI is InChI=1S/C12H16Cl2O4/c13-9-7-10(14)12(18-6-2-4-16)8-11(9)17-5-1-3-15/h7-8,15-16H,1-6H2. The van der Waals surface area contributed by atoms with Crippen molar-refractivity contribution in [3.05, 3.63) is 22.2 Å². The highest BCUT2D eigenvalue weighted by Crippen LogP contribution is 2.35. The van der Waals surface area contributed by atoms with E-state index in [1.807, 2.05) is 0 Å². The summed E-state index contributed by atoms with van der Waals surface area (Å²) in [4.78, 5) is 0. The first kappa shape index (κ1) is 15.4. The lowest BCUT2D eigenvalue weighted by Gasteiger charge is -2.12. The fourth-order valence-electron chi connectivity index (χ4n) is 1.23. The Morgan fingerprint density at radius 1 is 0.833 bits per heavy atom. The van der Waals surface area contributed by atoms with Gasteiger partial charge in [-0.3, -0.25) is 0 Å². The second kappa shape index (κ2) is 8.43. The van der Waals surface area contributed by atoms with Gasteiger partial charge in [0.25, 0.3) is 0 Å². The molecule has 0 atom stereocenters. The summed E-state index contributed by atoms with van der Waals surface area (Å²) in [6.45, 7) is 0.859. The molecule has 0 fully saturated rings. The summed E-state index contributed by atoms with van der Waals surface area (Å²) >= 11 is 11.9. The first-order valence-corrected chi connectivity index (χ1v) is 6.41. The lowest BCUT2D eigenvalue weighted by molar-refractivity contribution is 0.228. The van der Waals surface area contributed by atoms with E-state index in [0.29, 0.717) is 47.6 Å². The van der Waals surface area contributed by atoms with Gasteiger partial charge in [-0.2, -0.15) is 0 Å². The van der Waals surface area contributed by atoms with Gasteiger partial charge in [0.15, 0.2) is 0 Å². The van der Waals surface area contributed by atoms with Gasteiger partial charge in [0.05, 0.1) is 23.3 Å². The minimum absolute atomic E-state index is 0.0606. The van der Waals surface area contributed by atoms with Crippen LogP contribution in [-0.4, -0.2) is 36.6 Å². The Labute approximate surface area is 116 Å². The number of hydrogen-bond donors (Lipinski definition) is 2. The fraction of sp³-hybridized carbons (Fsp3) is 0.500. The molecule has 1 rings (SSSR count). The van der Waals surface area contributed by atoms with Crippen LogP contribution in [0.3, 0.4) is 0 Å². The van der Waals surface area contributed by atoms with Gasteiger partial charge >= 0.3 is 0 Å². The summed E-state index contributed by atoms with van der Waals surface area (Å²) in [5.41, 5.74) is 0. The molecule has 1 aromatic rings. The number of aliphatic hydroxyl groups is 2. The van der Waals surface area contributed by atoms with Gasteiger partial charge in [0.1, 0.15) is 11.5 Å². The molecule has 6 heteroatoms. The number of benzene rings is 1.